The summed E-state index contributed by atoms with van der Waals surface area (Å²) in [5, 5.41) is 78.6. The summed E-state index contributed by atoms with van der Waals surface area (Å²) in [6.45, 7) is -0.0260. The van der Waals surface area contributed by atoms with Crippen molar-refractivity contribution >= 4 is 86.1 Å². The summed E-state index contributed by atoms with van der Waals surface area (Å²) in [7, 11) is -5.88. The number of benzene rings is 4. The molecule has 4 aromatic rings. The summed E-state index contributed by atoms with van der Waals surface area (Å²) in [6.07, 6.45) is 2.34. The minimum atomic E-state index is -1.62. The Morgan fingerprint density at radius 2 is 1.02 bits per heavy atom. The van der Waals surface area contributed by atoms with Gasteiger partial charge < -0.3 is 51.0 Å². The van der Waals surface area contributed by atoms with E-state index in [1.54, 1.807) is 78.9 Å². The van der Waals surface area contributed by atoms with Crippen LogP contribution in [0.4, 0.5) is 11.4 Å². The number of amides is 2. The molecule has 47 heavy (non-hydrogen) atoms. The molecule has 0 aromatic heterocycles. The molecule has 0 saturated heterocycles. The number of anilines is 2. The molecule has 0 unspecified atom stereocenters. The van der Waals surface area contributed by atoms with E-state index in [9.17, 15) is 9.59 Å². The first-order valence-corrected chi connectivity index (χ1v) is 14.1. The van der Waals surface area contributed by atoms with Gasteiger partial charge in [0.05, 0.1) is 12.3 Å². The number of carbonyl (C=O) groups excluding carboxylic acids is 2. The monoisotopic (exact) mass is 660 g/mol. The van der Waals surface area contributed by atoms with Gasteiger partial charge in [-0.3, -0.25) is 9.59 Å². The number of carbonyl (C=O) groups is 2. The second-order valence-corrected chi connectivity index (χ2v) is 10.1. The number of imide groups is 1. The van der Waals surface area contributed by atoms with Crippen LogP contribution in [0.15, 0.2) is 114 Å². The van der Waals surface area contributed by atoms with E-state index in [1.165, 1.54) is 30.4 Å². The lowest BCUT2D eigenvalue weighted by molar-refractivity contribution is -0.120. The van der Waals surface area contributed by atoms with E-state index < -0.39 is 40.3 Å². The Bertz CT molecular complexity index is 1560. The molecule has 1 aliphatic rings. The molecule has 4 aromatic carbocycles. The third-order valence-electron chi connectivity index (χ3n) is 6.07. The van der Waals surface area contributed by atoms with Crippen LogP contribution in [0.5, 0.6) is 0 Å². The van der Waals surface area contributed by atoms with Crippen LogP contribution in [0, 0.1) is 0 Å². The highest BCUT2D eigenvalue weighted by Gasteiger charge is 2.26. The van der Waals surface area contributed by atoms with Gasteiger partial charge in [-0.05, 0) is 63.8 Å². The van der Waals surface area contributed by atoms with E-state index >= 15 is 0 Å². The van der Waals surface area contributed by atoms with Gasteiger partial charge in [0, 0.05) is 22.7 Å². The molecule has 0 saturated carbocycles. The van der Waals surface area contributed by atoms with Gasteiger partial charge in [0.2, 0.25) is 0 Å². The number of rotatable bonds is 6. The average molecular weight is 660 g/mol. The van der Waals surface area contributed by atoms with Gasteiger partial charge in [0.15, 0.2) is 0 Å². The van der Waals surface area contributed by atoms with Crippen molar-refractivity contribution in [1.82, 2.24) is 0 Å². The van der Waals surface area contributed by atoms with Crippen molar-refractivity contribution in [3.05, 3.63) is 115 Å². The van der Waals surface area contributed by atoms with Crippen molar-refractivity contribution in [3.63, 3.8) is 0 Å². The van der Waals surface area contributed by atoms with Gasteiger partial charge in [0.25, 0.3) is 11.8 Å². The molecule has 18 heteroatoms. The molecular formula is C29H32B4N2O11S. The van der Waals surface area contributed by atoms with Crippen molar-refractivity contribution in [2.75, 3.05) is 10.6 Å². The minimum Gasteiger partial charge on any atom is -0.423 e. The van der Waals surface area contributed by atoms with Gasteiger partial charge in [-0.1, -0.05) is 60.7 Å². The maximum atomic E-state index is 11.4. The first-order valence-electron chi connectivity index (χ1n) is 13.7. The normalized spacial score (nSPS) is 11.3. The van der Waals surface area contributed by atoms with Gasteiger partial charge >= 0.3 is 28.5 Å². The lowest BCUT2D eigenvalue weighted by atomic mass is 9.80. The van der Waals surface area contributed by atoms with Gasteiger partial charge in [-0.15, -0.1) is 12.6 Å². The van der Waals surface area contributed by atoms with E-state index in [4.69, 9.17) is 51.0 Å². The van der Waals surface area contributed by atoms with Crippen LogP contribution < -0.4 is 32.5 Å². The highest BCUT2D eigenvalue weighted by molar-refractivity contribution is 7.80. The first-order chi connectivity index (χ1) is 22.2. The Labute approximate surface area is 277 Å². The van der Waals surface area contributed by atoms with Crippen LogP contribution >= 0.6 is 12.6 Å². The number of aliphatic hydroxyl groups excluding tert-OH is 1. The van der Waals surface area contributed by atoms with E-state index in [0.29, 0.717) is 27.8 Å². The average Bonchev–Trinajstić information content (AvgIpc) is 3.39. The van der Waals surface area contributed by atoms with Crippen LogP contribution in [0.2, 0.25) is 0 Å². The Morgan fingerprint density at radius 1 is 0.574 bits per heavy atom. The third-order valence-corrected chi connectivity index (χ3v) is 6.35. The molecule has 0 spiro atoms. The van der Waals surface area contributed by atoms with Crippen molar-refractivity contribution in [1.29, 1.82) is 0 Å². The molecule has 13 nitrogen and oxygen atoms in total. The molecule has 5 rings (SSSR count). The maximum Gasteiger partial charge on any atom is 0.488 e. The molecule has 0 bridgehead atoms. The predicted molar refractivity (Wildman–Crippen MR) is 184 cm³/mol. The Balaban J connectivity index is 0.000000223. The van der Waals surface area contributed by atoms with Crippen LogP contribution in [-0.4, -0.2) is 85.6 Å². The molecule has 242 valence electrons. The topological polar surface area (TPSA) is 245 Å². The van der Waals surface area contributed by atoms with Crippen LogP contribution in [0.25, 0.3) is 0 Å². The summed E-state index contributed by atoms with van der Waals surface area (Å²) >= 11 is 4.03. The van der Waals surface area contributed by atoms with Crippen molar-refractivity contribution < 1.29 is 54.9 Å². The molecule has 11 N–H and O–H groups in total. The van der Waals surface area contributed by atoms with E-state index in [2.05, 4.69) is 12.6 Å². The number of nitrogen functional groups attached to an aromatic ring is 1. The van der Waals surface area contributed by atoms with Crippen molar-refractivity contribution in [2.45, 2.75) is 11.5 Å². The zero-order valence-corrected chi connectivity index (χ0v) is 25.6. The summed E-state index contributed by atoms with van der Waals surface area (Å²) in [6, 6.07) is 25.6. The lowest BCUT2D eigenvalue weighted by Gasteiger charge is -2.14. The molecule has 0 fully saturated rings. The van der Waals surface area contributed by atoms with Crippen LogP contribution in [-0.2, 0) is 16.2 Å². The van der Waals surface area contributed by atoms with E-state index in [1.807, 2.05) is 0 Å². The number of hydrogen-bond acceptors (Lipinski definition) is 13. The van der Waals surface area contributed by atoms with Gasteiger partial charge in [-0.25, -0.2) is 4.90 Å². The Kier molecular flexibility index (Phi) is 16.1. The predicted octanol–water partition coefficient (Wildman–Crippen LogP) is -3.74. The fraction of sp³-hybridized carbons (Fsp3) is 0.0345. The number of nitrogens with two attached hydrogens (primary N) is 1. The summed E-state index contributed by atoms with van der Waals surface area (Å²) in [5.74, 6) is -0.871. The Morgan fingerprint density at radius 3 is 1.43 bits per heavy atom. The Hall–Kier alpha value is -4.19. The molecular weight excluding hydrogens is 628 g/mol. The third kappa shape index (κ3) is 13.2. The number of hydrogen-bond donors (Lipinski definition) is 11. The largest absolute Gasteiger partial charge is 0.488 e. The van der Waals surface area contributed by atoms with Crippen molar-refractivity contribution in [2.24, 2.45) is 0 Å². The SMILES string of the molecule is Nc1cccc(B(O)O)c1.O=C1C=CC(=O)N1c1cccc(B(O)O)c1.OB(O)c1cccc(S)c1.OCc1ccc(B(O)O)cc1. The van der Waals surface area contributed by atoms with Crippen LogP contribution in [0.3, 0.4) is 0 Å². The van der Waals surface area contributed by atoms with E-state index in [0.717, 1.165) is 15.4 Å². The fourth-order valence-electron chi connectivity index (χ4n) is 3.68. The minimum absolute atomic E-state index is 0.0260. The zero-order chi connectivity index (χ0) is 35.1. The molecule has 0 aliphatic carbocycles. The standard InChI is InChI=1S/C10H8BNO4.C7H9BO3.C6H8BNO2.C6H7BO2S/c13-9-4-5-10(14)12(9)8-3-1-2-7(6-8)11(15)16;9-5-6-1-3-7(4-2-6)8(10)11;8-6-3-1-2-5(4-6)7(9)10;8-7(9)5-2-1-3-6(10)4-5/h1-6,15-16H;1-4,9-11H,5H2;1-4,9-10H,8H2;1-4,8-10H. The van der Waals surface area contributed by atoms with Gasteiger partial charge in [-0.2, -0.15) is 0 Å². The molecule has 0 radical (unpaired) electrons. The highest BCUT2D eigenvalue weighted by atomic mass is 32.1. The lowest BCUT2D eigenvalue weighted by Crippen LogP contribution is -2.33. The second-order valence-electron chi connectivity index (χ2n) is 9.60. The van der Waals surface area contributed by atoms with Crippen LogP contribution in [0.1, 0.15) is 5.56 Å². The number of thiol groups is 1. The summed E-state index contributed by atoms with van der Waals surface area (Å²) in [5.41, 5.74) is 8.53. The second kappa shape index (κ2) is 19.5. The van der Waals surface area contributed by atoms with Crippen molar-refractivity contribution in [3.8, 4) is 0 Å². The maximum absolute atomic E-state index is 11.4. The summed E-state index contributed by atoms with van der Waals surface area (Å²) in [4.78, 5) is 24.4. The van der Waals surface area contributed by atoms with E-state index in [-0.39, 0.29) is 12.1 Å². The number of aliphatic hydroxyl groups is 1. The van der Waals surface area contributed by atoms with Gasteiger partial charge in [0.1, 0.15) is 0 Å². The first kappa shape index (κ1) is 39.0. The molecule has 1 aliphatic heterocycles. The quantitative estimate of drug-likeness (QED) is 0.0414. The molecule has 1 heterocycles. The highest BCUT2D eigenvalue weighted by Crippen LogP contribution is 2.17. The fourth-order valence-corrected chi connectivity index (χ4v) is 3.91. The summed E-state index contributed by atoms with van der Waals surface area (Å²) < 4.78 is 0. The number of nitrogens with zero attached hydrogens (tertiary/aromatic N) is 1. The molecule has 2 amide bonds. The zero-order valence-electron chi connectivity index (χ0n) is 24.7. The smallest absolute Gasteiger partial charge is 0.423 e. The molecule has 0 atom stereocenters.